The molecule has 3 aromatic rings. The molecule has 28 heavy (non-hydrogen) atoms. The Morgan fingerprint density at radius 3 is 2.79 bits per heavy atom. The van der Waals surface area contributed by atoms with Crippen LogP contribution in [0.4, 0.5) is 4.39 Å². The normalized spacial score (nSPS) is 16.6. The number of rotatable bonds is 7. The molecule has 1 fully saturated rings. The molecule has 2 aromatic heterocycles. The molecule has 1 atom stereocenters. The molecule has 0 spiro atoms. The lowest BCUT2D eigenvalue weighted by molar-refractivity contribution is 0.0953. The van der Waals surface area contributed by atoms with Gasteiger partial charge in [-0.25, -0.2) is 4.39 Å². The van der Waals surface area contributed by atoms with Crippen LogP contribution >= 0.6 is 11.8 Å². The molecule has 8 heteroatoms. The van der Waals surface area contributed by atoms with Gasteiger partial charge in [0.1, 0.15) is 11.6 Å². The minimum Gasteiger partial charge on any atom is -0.469 e. The van der Waals surface area contributed by atoms with Crippen LogP contribution < -0.4 is 0 Å². The van der Waals surface area contributed by atoms with Gasteiger partial charge in [0.05, 0.1) is 30.2 Å². The van der Waals surface area contributed by atoms with Crippen LogP contribution in [0.25, 0.3) is 11.4 Å². The molecular weight excluding hydrogens is 381 g/mol. The maximum Gasteiger partial charge on any atom is 0.192 e. The van der Waals surface area contributed by atoms with Crippen molar-refractivity contribution < 1.29 is 18.3 Å². The molecule has 4 rings (SSSR count). The molecule has 1 aliphatic heterocycles. The van der Waals surface area contributed by atoms with Crippen molar-refractivity contribution in [3.8, 4) is 11.4 Å². The summed E-state index contributed by atoms with van der Waals surface area (Å²) in [5.41, 5.74) is 1.35. The summed E-state index contributed by atoms with van der Waals surface area (Å²) in [6.07, 6.45) is 3.76. The summed E-state index contributed by atoms with van der Waals surface area (Å²) < 4.78 is 26.2. The number of hydrogen-bond donors (Lipinski definition) is 0. The maximum absolute atomic E-state index is 13.1. The van der Waals surface area contributed by atoms with Gasteiger partial charge in [-0.3, -0.25) is 9.36 Å². The molecule has 1 unspecified atom stereocenters. The van der Waals surface area contributed by atoms with Gasteiger partial charge < -0.3 is 9.15 Å². The number of nitrogens with zero attached hydrogens (tertiary/aromatic N) is 3. The van der Waals surface area contributed by atoms with Gasteiger partial charge in [-0.2, -0.15) is 0 Å². The summed E-state index contributed by atoms with van der Waals surface area (Å²) in [4.78, 5) is 12.4. The molecule has 1 saturated heterocycles. The Morgan fingerprint density at radius 1 is 1.29 bits per heavy atom. The van der Waals surface area contributed by atoms with E-state index >= 15 is 0 Å². The fraction of sp³-hybridized carbons (Fsp3) is 0.350. The van der Waals surface area contributed by atoms with Gasteiger partial charge in [0.15, 0.2) is 16.8 Å². The van der Waals surface area contributed by atoms with Crippen LogP contribution in [0.15, 0.2) is 46.2 Å². The molecule has 6 nitrogen and oxygen atoms in total. The maximum atomic E-state index is 13.1. The van der Waals surface area contributed by atoms with Crippen molar-refractivity contribution in [2.24, 2.45) is 0 Å². The number of Topliss-reactive ketones (excluding diaryl/α,β-unsaturated/α-hetero) is 1. The van der Waals surface area contributed by atoms with E-state index in [-0.39, 0.29) is 23.5 Å². The fourth-order valence-electron chi connectivity index (χ4n) is 3.22. The zero-order valence-electron chi connectivity index (χ0n) is 15.4. The number of carbonyl (C=O) groups excluding carboxylic acids is 1. The van der Waals surface area contributed by atoms with Gasteiger partial charge in [0.25, 0.3) is 0 Å². The number of hydrogen-bond acceptors (Lipinski definition) is 6. The topological polar surface area (TPSA) is 70.2 Å². The minimum atomic E-state index is -0.361. The summed E-state index contributed by atoms with van der Waals surface area (Å²) >= 11 is 1.32. The Morgan fingerprint density at radius 2 is 2.11 bits per heavy atom. The monoisotopic (exact) mass is 401 g/mol. The van der Waals surface area contributed by atoms with E-state index < -0.39 is 0 Å². The quantitative estimate of drug-likeness (QED) is 0.438. The van der Waals surface area contributed by atoms with E-state index in [0.29, 0.717) is 23.1 Å². The Bertz CT molecular complexity index is 961. The van der Waals surface area contributed by atoms with Crippen LogP contribution in [-0.4, -0.2) is 39.0 Å². The van der Waals surface area contributed by atoms with Crippen molar-refractivity contribution in [2.45, 2.75) is 37.6 Å². The van der Waals surface area contributed by atoms with Gasteiger partial charge in [-0.1, -0.05) is 11.8 Å². The predicted octanol–water partition coefficient (Wildman–Crippen LogP) is 4.14. The lowest BCUT2D eigenvalue weighted by Crippen LogP contribution is -2.17. The highest BCUT2D eigenvalue weighted by molar-refractivity contribution is 7.99. The number of benzene rings is 1. The van der Waals surface area contributed by atoms with E-state index in [2.05, 4.69) is 10.2 Å². The van der Waals surface area contributed by atoms with Crippen molar-refractivity contribution >= 4 is 17.5 Å². The Balaban J connectivity index is 1.55. The van der Waals surface area contributed by atoms with E-state index in [4.69, 9.17) is 9.15 Å². The third-order valence-electron chi connectivity index (χ3n) is 4.73. The van der Waals surface area contributed by atoms with Crippen LogP contribution in [-0.2, 0) is 11.3 Å². The number of aryl methyl sites for hydroxylation is 1. The summed E-state index contributed by atoms with van der Waals surface area (Å²) in [5.74, 6) is 1.22. The third-order valence-corrected chi connectivity index (χ3v) is 5.69. The minimum absolute atomic E-state index is 0.0855. The molecule has 0 saturated carbocycles. The predicted molar refractivity (Wildman–Crippen MR) is 103 cm³/mol. The van der Waals surface area contributed by atoms with Crippen LogP contribution in [0.3, 0.4) is 0 Å². The van der Waals surface area contributed by atoms with Crippen molar-refractivity contribution in [3.63, 3.8) is 0 Å². The number of aromatic nitrogens is 3. The van der Waals surface area contributed by atoms with E-state index in [0.717, 1.165) is 30.8 Å². The number of thioether (sulfide) groups is 1. The lowest BCUT2D eigenvalue weighted by Gasteiger charge is -2.14. The van der Waals surface area contributed by atoms with Crippen molar-refractivity contribution in [1.29, 1.82) is 0 Å². The van der Waals surface area contributed by atoms with E-state index in [9.17, 15) is 9.18 Å². The van der Waals surface area contributed by atoms with Crippen LogP contribution in [0.2, 0.25) is 0 Å². The Kier molecular flexibility index (Phi) is 5.59. The third kappa shape index (κ3) is 4.02. The largest absolute Gasteiger partial charge is 0.469 e. The molecule has 1 aliphatic rings. The van der Waals surface area contributed by atoms with Gasteiger partial charge in [-0.15, -0.1) is 10.2 Å². The number of furan rings is 1. The molecule has 0 amide bonds. The highest BCUT2D eigenvalue weighted by Gasteiger charge is 2.23. The van der Waals surface area contributed by atoms with E-state index in [1.54, 1.807) is 6.26 Å². The van der Waals surface area contributed by atoms with Crippen LogP contribution in [0.5, 0.6) is 0 Å². The molecule has 0 aliphatic carbocycles. The molecule has 0 N–H and O–H groups in total. The Labute approximate surface area is 166 Å². The summed E-state index contributed by atoms with van der Waals surface area (Å²) in [7, 11) is 0. The van der Waals surface area contributed by atoms with Gasteiger partial charge >= 0.3 is 0 Å². The first-order chi connectivity index (χ1) is 13.6. The molecule has 0 bridgehead atoms. The lowest BCUT2D eigenvalue weighted by atomic mass is 10.1. The molecule has 1 aromatic carbocycles. The van der Waals surface area contributed by atoms with E-state index in [1.165, 1.54) is 36.0 Å². The summed E-state index contributed by atoms with van der Waals surface area (Å²) in [6, 6.07) is 7.43. The molecule has 3 heterocycles. The highest BCUT2D eigenvalue weighted by atomic mass is 32.2. The number of ketones is 1. The van der Waals surface area contributed by atoms with Crippen LogP contribution in [0, 0.1) is 12.7 Å². The second-order valence-corrected chi connectivity index (χ2v) is 7.60. The van der Waals surface area contributed by atoms with Gasteiger partial charge in [0, 0.05) is 12.2 Å². The van der Waals surface area contributed by atoms with Crippen molar-refractivity contribution in [3.05, 3.63) is 53.7 Å². The van der Waals surface area contributed by atoms with Gasteiger partial charge in [-0.05, 0) is 50.1 Å². The standard InChI is InChI=1S/C20H20FN3O3S/c1-13-17(8-10-26-13)19-22-23-20(24(19)11-16-3-2-9-27-16)28-12-18(25)14-4-6-15(21)7-5-14/h4-8,10,16H,2-3,9,11-12H2,1H3. The number of carbonyl (C=O) groups is 1. The fourth-order valence-corrected chi connectivity index (χ4v) is 4.06. The zero-order valence-corrected chi connectivity index (χ0v) is 16.2. The number of halogens is 1. The molecule has 0 radical (unpaired) electrons. The van der Waals surface area contributed by atoms with Gasteiger partial charge in [0.2, 0.25) is 0 Å². The second kappa shape index (κ2) is 8.28. The van der Waals surface area contributed by atoms with Crippen LogP contribution in [0.1, 0.15) is 29.0 Å². The summed E-state index contributed by atoms with van der Waals surface area (Å²) in [5, 5.41) is 9.30. The van der Waals surface area contributed by atoms with Crippen molar-refractivity contribution in [1.82, 2.24) is 14.8 Å². The highest BCUT2D eigenvalue weighted by Crippen LogP contribution is 2.29. The molecular formula is C20H20FN3O3S. The zero-order chi connectivity index (χ0) is 19.5. The first kappa shape index (κ1) is 18.9. The first-order valence-electron chi connectivity index (χ1n) is 9.12. The first-order valence-corrected chi connectivity index (χ1v) is 10.1. The smallest absolute Gasteiger partial charge is 0.192 e. The average molecular weight is 401 g/mol. The molecule has 146 valence electrons. The average Bonchev–Trinajstić information content (AvgIpc) is 3.43. The van der Waals surface area contributed by atoms with Crippen molar-refractivity contribution in [2.75, 3.05) is 12.4 Å². The Hall–Kier alpha value is -2.45. The second-order valence-electron chi connectivity index (χ2n) is 6.66. The van der Waals surface area contributed by atoms with E-state index in [1.807, 2.05) is 17.6 Å². The number of ether oxygens (including phenoxy) is 1. The SMILES string of the molecule is Cc1occc1-c1nnc(SCC(=O)c2ccc(F)cc2)n1CC1CCCO1. The summed E-state index contributed by atoms with van der Waals surface area (Å²) in [6.45, 7) is 3.27.